The Morgan fingerprint density at radius 3 is 2.67 bits per heavy atom. The maximum Gasteiger partial charge on any atom is 0.191 e. The van der Waals surface area contributed by atoms with Crippen LogP contribution in [0, 0.1) is 0 Å². The highest BCUT2D eigenvalue weighted by Crippen LogP contribution is 2.24. The molecule has 1 aromatic heterocycles. The first-order valence-corrected chi connectivity index (χ1v) is 9.53. The number of phenols is 1. The molecule has 8 heteroatoms. The topological polar surface area (TPSA) is 86.1 Å². The molecular formula is C19H28IN3O3S. The van der Waals surface area contributed by atoms with E-state index in [1.807, 2.05) is 35.9 Å². The highest BCUT2D eigenvalue weighted by molar-refractivity contribution is 14.0. The summed E-state index contributed by atoms with van der Waals surface area (Å²) in [6, 6.07) is 7.19. The lowest BCUT2D eigenvalue weighted by molar-refractivity contribution is 0.0677. The van der Waals surface area contributed by atoms with Crippen molar-refractivity contribution in [1.29, 1.82) is 0 Å². The molecule has 1 aromatic carbocycles. The Labute approximate surface area is 181 Å². The van der Waals surface area contributed by atoms with Gasteiger partial charge in [-0.25, -0.2) is 4.99 Å². The molecule has 0 fully saturated rings. The molecule has 0 bridgehead atoms. The minimum Gasteiger partial charge on any atom is -0.508 e. The van der Waals surface area contributed by atoms with Crippen LogP contribution >= 0.6 is 35.3 Å². The Morgan fingerprint density at radius 1 is 1.30 bits per heavy atom. The zero-order chi connectivity index (χ0) is 19.0. The number of ether oxygens (including phenoxy) is 1. The van der Waals surface area contributed by atoms with Gasteiger partial charge >= 0.3 is 0 Å². The van der Waals surface area contributed by atoms with Crippen LogP contribution in [-0.4, -0.2) is 42.9 Å². The number of aromatic hydroxyl groups is 1. The Hall–Kier alpha value is -1.52. The monoisotopic (exact) mass is 505 g/mol. The summed E-state index contributed by atoms with van der Waals surface area (Å²) in [6.07, 6.45) is 0.640. The zero-order valence-corrected chi connectivity index (χ0v) is 19.0. The molecule has 4 N–H and O–H groups in total. The number of guanidine groups is 1. The van der Waals surface area contributed by atoms with Gasteiger partial charge in [0.15, 0.2) is 5.96 Å². The van der Waals surface area contributed by atoms with Gasteiger partial charge in [-0.3, -0.25) is 0 Å². The van der Waals surface area contributed by atoms with E-state index in [1.165, 1.54) is 0 Å². The van der Waals surface area contributed by atoms with Crippen LogP contribution in [-0.2, 0) is 12.0 Å². The van der Waals surface area contributed by atoms with E-state index in [9.17, 15) is 10.2 Å². The number of aliphatic imine (C=N–C) groups is 1. The Kier molecular flexibility index (Phi) is 9.89. The summed E-state index contributed by atoms with van der Waals surface area (Å²) in [5.74, 6) is 1.48. The fourth-order valence-corrected chi connectivity index (χ4v) is 3.22. The first kappa shape index (κ1) is 23.5. The predicted molar refractivity (Wildman–Crippen MR) is 122 cm³/mol. The highest BCUT2D eigenvalue weighted by Gasteiger charge is 2.23. The number of phenolic OH excluding ortho intramolecular Hbond substituents is 1. The highest BCUT2D eigenvalue weighted by atomic mass is 127. The third-order valence-electron chi connectivity index (χ3n) is 4.01. The number of benzene rings is 1. The predicted octanol–water partition coefficient (Wildman–Crippen LogP) is 3.09. The van der Waals surface area contributed by atoms with Gasteiger partial charge in [0.1, 0.15) is 17.1 Å². The van der Waals surface area contributed by atoms with Crippen molar-refractivity contribution < 1.29 is 14.9 Å². The van der Waals surface area contributed by atoms with Crippen molar-refractivity contribution >= 4 is 41.3 Å². The number of rotatable bonds is 8. The first-order chi connectivity index (χ1) is 12.5. The molecule has 0 aliphatic carbocycles. The molecule has 1 unspecified atom stereocenters. The summed E-state index contributed by atoms with van der Waals surface area (Å²) in [7, 11) is 1.57. The maximum atomic E-state index is 10.6. The quantitative estimate of drug-likeness (QED) is 0.252. The second-order valence-electron chi connectivity index (χ2n) is 6.15. The van der Waals surface area contributed by atoms with Gasteiger partial charge in [0, 0.05) is 19.2 Å². The number of aliphatic hydroxyl groups is 1. The van der Waals surface area contributed by atoms with E-state index >= 15 is 0 Å². The number of halogens is 1. The average molecular weight is 505 g/mol. The van der Waals surface area contributed by atoms with Crippen molar-refractivity contribution in [1.82, 2.24) is 10.6 Å². The zero-order valence-electron chi connectivity index (χ0n) is 15.9. The second-order valence-corrected chi connectivity index (χ2v) is 6.93. The van der Waals surface area contributed by atoms with Gasteiger partial charge in [-0.05, 0) is 54.3 Å². The van der Waals surface area contributed by atoms with Crippen molar-refractivity contribution in [2.75, 3.05) is 26.7 Å². The molecule has 0 saturated heterocycles. The van der Waals surface area contributed by atoms with Gasteiger partial charge in [-0.15, -0.1) is 24.0 Å². The first-order valence-electron chi connectivity index (χ1n) is 8.59. The smallest absolute Gasteiger partial charge is 0.191 e. The van der Waals surface area contributed by atoms with E-state index in [-0.39, 0.29) is 36.3 Å². The summed E-state index contributed by atoms with van der Waals surface area (Å²) in [5, 5.41) is 30.9. The van der Waals surface area contributed by atoms with Gasteiger partial charge < -0.3 is 25.6 Å². The van der Waals surface area contributed by atoms with Crippen LogP contribution in [0.3, 0.4) is 0 Å². The van der Waals surface area contributed by atoms with E-state index in [2.05, 4.69) is 15.6 Å². The molecule has 150 valence electrons. The molecule has 0 aliphatic heterocycles. The van der Waals surface area contributed by atoms with Gasteiger partial charge in [-0.2, -0.15) is 11.3 Å². The summed E-state index contributed by atoms with van der Waals surface area (Å²) in [5.41, 5.74) is 0.695. The fraction of sp³-hybridized carbons (Fsp3) is 0.421. The summed E-state index contributed by atoms with van der Waals surface area (Å²) in [4.78, 5) is 4.49. The molecule has 27 heavy (non-hydrogen) atoms. The van der Waals surface area contributed by atoms with Gasteiger partial charge in [-0.1, -0.05) is 6.07 Å². The van der Waals surface area contributed by atoms with E-state index in [1.54, 1.807) is 31.4 Å². The standard InChI is InChI=1S/C19H27N3O3S.HI/c1-4-20-18(22-13-19(2,24)15-8-10-26-12-15)21-9-7-14-5-6-16(25-3)11-17(14)23;/h5-6,8,10-12,23-24H,4,7,9,13H2,1-3H3,(H2,20,21,22);1H. The van der Waals surface area contributed by atoms with Crippen LogP contribution in [0.2, 0.25) is 0 Å². The lowest BCUT2D eigenvalue weighted by Gasteiger charge is -2.21. The Balaban J connectivity index is 0.00000364. The lowest BCUT2D eigenvalue weighted by Crippen LogP contribution is -2.39. The number of methoxy groups -OCH3 is 1. The molecule has 6 nitrogen and oxygen atoms in total. The molecule has 0 radical (unpaired) electrons. The van der Waals surface area contributed by atoms with Crippen LogP contribution in [0.5, 0.6) is 11.5 Å². The SMILES string of the molecule is CCNC(=NCC(C)(O)c1ccsc1)NCCc1ccc(OC)cc1O.I. The molecule has 2 rings (SSSR count). The van der Waals surface area contributed by atoms with Gasteiger partial charge in [0.25, 0.3) is 0 Å². The number of hydrogen-bond acceptors (Lipinski definition) is 5. The molecule has 0 saturated carbocycles. The van der Waals surface area contributed by atoms with Crippen LogP contribution in [0.25, 0.3) is 0 Å². The Morgan fingerprint density at radius 2 is 2.07 bits per heavy atom. The van der Waals surface area contributed by atoms with E-state index < -0.39 is 5.60 Å². The van der Waals surface area contributed by atoms with Crippen molar-refractivity contribution in [3.8, 4) is 11.5 Å². The molecular weight excluding hydrogens is 477 g/mol. The van der Waals surface area contributed by atoms with Gasteiger partial charge in [0.2, 0.25) is 0 Å². The van der Waals surface area contributed by atoms with Crippen molar-refractivity contribution in [3.05, 3.63) is 46.2 Å². The third-order valence-corrected chi connectivity index (χ3v) is 4.69. The third kappa shape index (κ3) is 7.19. The normalized spacial score (nSPS) is 13.4. The second kappa shape index (κ2) is 11.4. The Bertz CT molecular complexity index is 721. The summed E-state index contributed by atoms with van der Waals surface area (Å²) < 4.78 is 5.09. The number of hydrogen-bond donors (Lipinski definition) is 4. The number of thiophene rings is 1. The average Bonchev–Trinajstić information content (AvgIpc) is 3.16. The molecule has 1 heterocycles. The molecule has 2 aromatic rings. The van der Waals surface area contributed by atoms with Gasteiger partial charge in [0.05, 0.1) is 13.7 Å². The van der Waals surface area contributed by atoms with Crippen molar-refractivity contribution in [2.45, 2.75) is 25.9 Å². The number of nitrogens with zero attached hydrogens (tertiary/aromatic N) is 1. The van der Waals surface area contributed by atoms with Crippen LogP contribution in [0.15, 0.2) is 40.0 Å². The van der Waals surface area contributed by atoms with Crippen LogP contribution in [0.1, 0.15) is 25.0 Å². The number of nitrogens with one attached hydrogen (secondary N) is 2. The molecule has 0 spiro atoms. The summed E-state index contributed by atoms with van der Waals surface area (Å²) in [6.45, 7) is 5.33. The van der Waals surface area contributed by atoms with Crippen LogP contribution < -0.4 is 15.4 Å². The van der Waals surface area contributed by atoms with Crippen LogP contribution in [0.4, 0.5) is 0 Å². The fourth-order valence-electron chi connectivity index (χ4n) is 2.43. The maximum absolute atomic E-state index is 10.6. The minimum absolute atomic E-state index is 0. The van der Waals surface area contributed by atoms with E-state index in [0.29, 0.717) is 24.7 Å². The van der Waals surface area contributed by atoms with Crippen molar-refractivity contribution in [2.24, 2.45) is 4.99 Å². The van der Waals surface area contributed by atoms with E-state index in [0.717, 1.165) is 17.7 Å². The van der Waals surface area contributed by atoms with Crippen molar-refractivity contribution in [3.63, 3.8) is 0 Å². The molecule has 0 amide bonds. The largest absolute Gasteiger partial charge is 0.508 e. The minimum atomic E-state index is -1.00. The van der Waals surface area contributed by atoms with E-state index in [4.69, 9.17) is 4.74 Å². The lowest BCUT2D eigenvalue weighted by atomic mass is 10.00. The summed E-state index contributed by atoms with van der Waals surface area (Å²) >= 11 is 1.55. The molecule has 0 aliphatic rings. The molecule has 1 atom stereocenters.